The zero-order valence-corrected chi connectivity index (χ0v) is 14.1. The Hall–Kier alpha value is -1.93. The van der Waals surface area contributed by atoms with Crippen molar-refractivity contribution in [2.45, 2.75) is 44.0 Å². The molecule has 0 heterocycles. The van der Waals surface area contributed by atoms with Crippen molar-refractivity contribution in [3.05, 3.63) is 29.8 Å². The van der Waals surface area contributed by atoms with Crippen LogP contribution in [0.2, 0.25) is 0 Å². The largest absolute Gasteiger partial charge is 0.481 e. The van der Waals surface area contributed by atoms with Crippen LogP contribution < -0.4 is 4.72 Å². The number of carboxylic acids is 1. The third kappa shape index (κ3) is 5.65. The summed E-state index contributed by atoms with van der Waals surface area (Å²) >= 11 is 0. The summed E-state index contributed by atoms with van der Waals surface area (Å²) in [6.45, 7) is 4.92. The normalized spacial score (nSPS) is 12.0. The van der Waals surface area contributed by atoms with Gasteiger partial charge in [0.15, 0.2) is 0 Å². The second-order valence-electron chi connectivity index (χ2n) is 5.60. The molecule has 0 atom stereocenters. The van der Waals surface area contributed by atoms with Gasteiger partial charge >= 0.3 is 11.9 Å². The van der Waals surface area contributed by atoms with E-state index in [9.17, 15) is 18.0 Å². The lowest BCUT2D eigenvalue weighted by Crippen LogP contribution is -2.44. The Morgan fingerprint density at radius 2 is 1.87 bits per heavy atom. The molecule has 0 saturated carbocycles. The molecule has 2 N–H and O–H groups in total. The van der Waals surface area contributed by atoms with Crippen LogP contribution in [-0.4, -0.2) is 37.6 Å². The lowest BCUT2D eigenvalue weighted by atomic mass is 10.0. The van der Waals surface area contributed by atoms with Gasteiger partial charge in [0.05, 0.1) is 17.1 Å². The van der Waals surface area contributed by atoms with Gasteiger partial charge in [0.25, 0.3) is 0 Å². The number of hydrogen-bond donors (Lipinski definition) is 2. The predicted molar refractivity (Wildman–Crippen MR) is 83.7 cm³/mol. The van der Waals surface area contributed by atoms with Crippen molar-refractivity contribution >= 4 is 22.0 Å². The summed E-state index contributed by atoms with van der Waals surface area (Å²) in [6.07, 6.45) is -0.0574. The fourth-order valence-electron chi connectivity index (χ4n) is 1.97. The summed E-state index contributed by atoms with van der Waals surface area (Å²) in [4.78, 5) is 22.4. The molecule has 0 spiro atoms. The smallest absolute Gasteiger partial charge is 0.339 e. The Morgan fingerprint density at radius 3 is 2.43 bits per heavy atom. The third-order valence-corrected chi connectivity index (χ3v) is 4.80. The third-order valence-electron chi connectivity index (χ3n) is 3.05. The first-order valence-electron chi connectivity index (χ1n) is 7.11. The zero-order valence-electron chi connectivity index (χ0n) is 13.3. The van der Waals surface area contributed by atoms with Crippen molar-refractivity contribution in [3.63, 3.8) is 0 Å². The molecule has 0 saturated heterocycles. The number of hydrogen-bond acceptors (Lipinski definition) is 5. The van der Waals surface area contributed by atoms with Crippen LogP contribution in [0.5, 0.6) is 0 Å². The maximum Gasteiger partial charge on any atom is 0.339 e. The summed E-state index contributed by atoms with van der Waals surface area (Å²) in [6, 6.07) is 5.72. The first-order chi connectivity index (χ1) is 10.6. The monoisotopic (exact) mass is 343 g/mol. The molecule has 0 fully saturated rings. The Labute approximate surface area is 135 Å². The predicted octanol–water partition coefficient (Wildman–Crippen LogP) is 1.78. The molecule has 0 amide bonds. The standard InChI is InChI=1S/C15H21NO6S/c1-4-22-14(19)11-7-5-6-8-12(11)23(20,21)16-15(2,3)10-9-13(17)18/h5-8,16H,4,9-10H2,1-3H3,(H,17,18). The van der Waals surface area contributed by atoms with Gasteiger partial charge in [0, 0.05) is 12.0 Å². The molecule has 128 valence electrons. The van der Waals surface area contributed by atoms with E-state index in [-0.39, 0.29) is 29.9 Å². The van der Waals surface area contributed by atoms with Gasteiger partial charge in [-0.25, -0.2) is 17.9 Å². The molecule has 1 rings (SSSR count). The fraction of sp³-hybridized carbons (Fsp3) is 0.467. The summed E-state index contributed by atoms with van der Waals surface area (Å²) in [7, 11) is -4.00. The number of ether oxygens (including phenoxy) is 1. The van der Waals surface area contributed by atoms with Gasteiger partial charge in [-0.1, -0.05) is 12.1 Å². The Balaban J connectivity index is 3.09. The first-order valence-corrected chi connectivity index (χ1v) is 8.59. The number of aliphatic carboxylic acids is 1. The number of nitrogens with one attached hydrogen (secondary N) is 1. The Morgan fingerprint density at radius 1 is 1.26 bits per heavy atom. The van der Waals surface area contributed by atoms with E-state index in [4.69, 9.17) is 9.84 Å². The van der Waals surface area contributed by atoms with Crippen molar-refractivity contribution in [1.29, 1.82) is 0 Å². The van der Waals surface area contributed by atoms with E-state index in [1.807, 2.05) is 0 Å². The van der Waals surface area contributed by atoms with E-state index in [0.717, 1.165) is 0 Å². The summed E-state index contributed by atoms with van der Waals surface area (Å²) in [5, 5.41) is 8.73. The summed E-state index contributed by atoms with van der Waals surface area (Å²) < 4.78 is 32.4. The average Bonchev–Trinajstić information content (AvgIpc) is 2.44. The van der Waals surface area contributed by atoms with E-state index in [1.165, 1.54) is 18.2 Å². The van der Waals surface area contributed by atoms with Gasteiger partial charge in [0.2, 0.25) is 10.0 Å². The number of esters is 1. The van der Waals surface area contributed by atoms with Crippen LogP contribution in [0, 0.1) is 0 Å². The maximum absolute atomic E-state index is 12.6. The summed E-state index contributed by atoms with van der Waals surface area (Å²) in [5.41, 5.74) is -1.03. The lowest BCUT2D eigenvalue weighted by Gasteiger charge is -2.25. The van der Waals surface area contributed by atoms with E-state index in [2.05, 4.69) is 4.72 Å². The molecule has 7 nitrogen and oxygen atoms in total. The first kappa shape index (κ1) is 19.1. The van der Waals surface area contributed by atoms with Gasteiger partial charge in [-0.05, 0) is 39.3 Å². The number of carboxylic acid groups (broad SMARTS) is 1. The van der Waals surface area contributed by atoms with Crippen molar-refractivity contribution in [2.24, 2.45) is 0 Å². The number of carbonyl (C=O) groups excluding carboxylic acids is 1. The van der Waals surface area contributed by atoms with Crippen molar-refractivity contribution < 1.29 is 27.9 Å². The molecule has 0 aromatic heterocycles. The Kier molecular flexibility index (Phi) is 6.28. The summed E-state index contributed by atoms with van der Waals surface area (Å²) in [5.74, 6) is -1.74. The molecule has 0 bridgehead atoms. The molecule has 0 radical (unpaired) electrons. The Bertz CT molecular complexity index is 681. The molecule has 1 aromatic carbocycles. The molecular weight excluding hydrogens is 322 g/mol. The molecule has 0 aliphatic rings. The van der Waals surface area contributed by atoms with Gasteiger partial charge in [-0.2, -0.15) is 0 Å². The van der Waals surface area contributed by atoms with Gasteiger partial charge in [0.1, 0.15) is 0 Å². The van der Waals surface area contributed by atoms with Crippen molar-refractivity contribution in [3.8, 4) is 0 Å². The van der Waals surface area contributed by atoms with Gasteiger partial charge in [-0.3, -0.25) is 4.79 Å². The van der Waals surface area contributed by atoms with Crippen LogP contribution in [0.4, 0.5) is 0 Å². The topological polar surface area (TPSA) is 110 Å². The maximum atomic E-state index is 12.6. The zero-order chi connectivity index (χ0) is 17.7. The molecule has 0 aliphatic heterocycles. The second-order valence-corrected chi connectivity index (χ2v) is 7.25. The lowest BCUT2D eigenvalue weighted by molar-refractivity contribution is -0.137. The SMILES string of the molecule is CCOC(=O)c1ccccc1S(=O)(=O)NC(C)(C)CCC(=O)O. The molecule has 1 aromatic rings. The van der Waals surface area contributed by atoms with Crippen LogP contribution in [0.15, 0.2) is 29.2 Å². The van der Waals surface area contributed by atoms with E-state index in [1.54, 1.807) is 26.8 Å². The minimum atomic E-state index is -4.00. The fourth-order valence-corrected chi connectivity index (χ4v) is 3.61. The minimum Gasteiger partial charge on any atom is -0.481 e. The van der Waals surface area contributed by atoms with Crippen LogP contribution in [0.25, 0.3) is 0 Å². The number of sulfonamides is 1. The van der Waals surface area contributed by atoms with Crippen LogP contribution >= 0.6 is 0 Å². The number of rotatable bonds is 8. The van der Waals surface area contributed by atoms with Gasteiger partial charge < -0.3 is 9.84 Å². The highest BCUT2D eigenvalue weighted by Gasteiger charge is 2.30. The highest BCUT2D eigenvalue weighted by Crippen LogP contribution is 2.21. The van der Waals surface area contributed by atoms with Crippen molar-refractivity contribution in [1.82, 2.24) is 4.72 Å². The minimum absolute atomic E-state index is 0.0594. The number of carbonyl (C=O) groups is 2. The highest BCUT2D eigenvalue weighted by atomic mass is 32.2. The van der Waals surface area contributed by atoms with Crippen LogP contribution in [0.3, 0.4) is 0 Å². The number of benzene rings is 1. The average molecular weight is 343 g/mol. The van der Waals surface area contributed by atoms with E-state index >= 15 is 0 Å². The van der Waals surface area contributed by atoms with Crippen LogP contribution in [0.1, 0.15) is 44.0 Å². The molecule has 8 heteroatoms. The quantitative estimate of drug-likeness (QED) is 0.696. The molecule has 23 heavy (non-hydrogen) atoms. The molecular formula is C15H21NO6S. The van der Waals surface area contributed by atoms with Crippen LogP contribution in [-0.2, 0) is 19.6 Å². The van der Waals surface area contributed by atoms with Crippen molar-refractivity contribution in [2.75, 3.05) is 6.61 Å². The van der Waals surface area contributed by atoms with Gasteiger partial charge in [-0.15, -0.1) is 0 Å². The molecule has 0 aliphatic carbocycles. The highest BCUT2D eigenvalue weighted by molar-refractivity contribution is 7.89. The van der Waals surface area contributed by atoms with E-state index < -0.39 is 27.5 Å². The molecule has 0 unspecified atom stereocenters. The van der Waals surface area contributed by atoms with E-state index in [0.29, 0.717) is 0 Å². The second kappa shape index (κ2) is 7.56.